The number of aryl methyl sites for hydroxylation is 1. The number of rotatable bonds is 6. The Kier molecular flexibility index (Phi) is 4.98. The molecule has 2 aromatic carbocycles. The lowest BCUT2D eigenvalue weighted by molar-refractivity contribution is -0.143. The summed E-state index contributed by atoms with van der Waals surface area (Å²) in [4.78, 5) is 19.3. The molecule has 0 radical (unpaired) electrons. The predicted molar refractivity (Wildman–Crippen MR) is 110 cm³/mol. The molecule has 5 heteroatoms. The third-order valence-corrected chi connectivity index (χ3v) is 4.85. The molecule has 4 rings (SSSR count). The summed E-state index contributed by atoms with van der Waals surface area (Å²) in [5.74, 6) is -0.0506. The first-order valence-corrected chi connectivity index (χ1v) is 9.51. The molecule has 2 N–H and O–H groups in total. The van der Waals surface area contributed by atoms with E-state index in [2.05, 4.69) is 11.1 Å². The van der Waals surface area contributed by atoms with Gasteiger partial charge in [-0.2, -0.15) is 0 Å². The van der Waals surface area contributed by atoms with Gasteiger partial charge in [0.1, 0.15) is 0 Å². The van der Waals surface area contributed by atoms with Crippen LogP contribution in [0.25, 0.3) is 33.1 Å². The highest BCUT2D eigenvalue weighted by atomic mass is 16.5. The minimum Gasteiger partial charge on any atom is -0.494 e. The SMILES string of the molecule is CCOC(=O)CCCc1ccc2[nH]c(O)c(-c3ccc4ccccc4n3)c2c1. The van der Waals surface area contributed by atoms with Gasteiger partial charge in [-0.3, -0.25) is 4.79 Å². The maximum absolute atomic E-state index is 11.5. The molecule has 0 bridgehead atoms. The fourth-order valence-corrected chi connectivity index (χ4v) is 3.51. The lowest BCUT2D eigenvalue weighted by Crippen LogP contribution is -2.03. The van der Waals surface area contributed by atoms with Crippen LogP contribution in [-0.4, -0.2) is 27.7 Å². The van der Waals surface area contributed by atoms with Gasteiger partial charge in [-0.05, 0) is 49.6 Å². The summed E-state index contributed by atoms with van der Waals surface area (Å²) in [6.07, 6.45) is 1.90. The quantitative estimate of drug-likeness (QED) is 0.467. The molecule has 2 aromatic heterocycles. The number of fused-ring (bicyclic) bond motifs is 2. The van der Waals surface area contributed by atoms with Crippen molar-refractivity contribution < 1.29 is 14.6 Å². The van der Waals surface area contributed by atoms with E-state index in [0.717, 1.165) is 45.9 Å². The molecule has 28 heavy (non-hydrogen) atoms. The molecule has 0 aliphatic rings. The lowest BCUT2D eigenvalue weighted by atomic mass is 10.0. The first kappa shape index (κ1) is 18.0. The molecule has 0 saturated carbocycles. The molecule has 0 aliphatic carbocycles. The van der Waals surface area contributed by atoms with Crippen LogP contribution in [0.2, 0.25) is 0 Å². The molecule has 0 spiro atoms. The number of aromatic hydroxyl groups is 1. The number of aromatic amines is 1. The molecule has 0 fully saturated rings. The van der Waals surface area contributed by atoms with Gasteiger partial charge >= 0.3 is 5.97 Å². The summed E-state index contributed by atoms with van der Waals surface area (Å²) in [5, 5.41) is 12.5. The van der Waals surface area contributed by atoms with Crippen molar-refractivity contribution in [2.75, 3.05) is 6.61 Å². The number of hydrogen-bond donors (Lipinski definition) is 2. The predicted octanol–water partition coefficient (Wildman–Crippen LogP) is 4.97. The molecule has 0 unspecified atom stereocenters. The Morgan fingerprint density at radius 2 is 2.00 bits per heavy atom. The van der Waals surface area contributed by atoms with Crippen LogP contribution in [0, 0.1) is 0 Å². The van der Waals surface area contributed by atoms with Crippen LogP contribution in [0.4, 0.5) is 0 Å². The number of H-pyrrole nitrogens is 1. The summed E-state index contributed by atoms with van der Waals surface area (Å²) in [5.41, 5.74) is 4.29. The second kappa shape index (κ2) is 7.72. The van der Waals surface area contributed by atoms with Crippen molar-refractivity contribution in [2.45, 2.75) is 26.2 Å². The van der Waals surface area contributed by atoms with Gasteiger partial charge in [-0.1, -0.05) is 30.3 Å². The van der Waals surface area contributed by atoms with E-state index in [9.17, 15) is 9.90 Å². The summed E-state index contributed by atoms with van der Waals surface area (Å²) in [6.45, 7) is 2.22. The molecule has 4 aromatic rings. The van der Waals surface area contributed by atoms with Gasteiger partial charge in [0.15, 0.2) is 5.88 Å². The summed E-state index contributed by atoms with van der Waals surface area (Å²) < 4.78 is 4.98. The van der Waals surface area contributed by atoms with E-state index in [0.29, 0.717) is 18.6 Å². The van der Waals surface area contributed by atoms with Crippen molar-refractivity contribution in [3.05, 3.63) is 60.2 Å². The van der Waals surface area contributed by atoms with Crippen molar-refractivity contribution in [1.29, 1.82) is 0 Å². The molecular formula is C23H22N2O3. The molecule has 5 nitrogen and oxygen atoms in total. The highest BCUT2D eigenvalue weighted by molar-refractivity contribution is 5.99. The maximum Gasteiger partial charge on any atom is 0.305 e. The first-order chi connectivity index (χ1) is 13.7. The Morgan fingerprint density at radius 1 is 1.14 bits per heavy atom. The highest BCUT2D eigenvalue weighted by Crippen LogP contribution is 2.36. The molecule has 0 atom stereocenters. The smallest absolute Gasteiger partial charge is 0.305 e. The Bertz CT molecular complexity index is 1150. The van der Waals surface area contributed by atoms with Crippen LogP contribution >= 0.6 is 0 Å². The summed E-state index contributed by atoms with van der Waals surface area (Å²) in [6, 6.07) is 17.9. The van der Waals surface area contributed by atoms with Crippen molar-refractivity contribution in [1.82, 2.24) is 9.97 Å². The van der Waals surface area contributed by atoms with E-state index in [1.54, 1.807) is 0 Å². The summed E-state index contributed by atoms with van der Waals surface area (Å²) >= 11 is 0. The van der Waals surface area contributed by atoms with E-state index in [1.807, 2.05) is 55.5 Å². The minimum atomic E-state index is -0.163. The second-order valence-electron chi connectivity index (χ2n) is 6.78. The second-order valence-corrected chi connectivity index (χ2v) is 6.78. The molecule has 0 saturated heterocycles. The maximum atomic E-state index is 11.5. The molecule has 0 aliphatic heterocycles. The number of benzene rings is 2. The van der Waals surface area contributed by atoms with E-state index in [4.69, 9.17) is 9.72 Å². The zero-order valence-electron chi connectivity index (χ0n) is 15.7. The van der Waals surface area contributed by atoms with Crippen LogP contribution in [0.15, 0.2) is 54.6 Å². The third-order valence-electron chi connectivity index (χ3n) is 4.85. The van der Waals surface area contributed by atoms with Gasteiger partial charge in [-0.15, -0.1) is 0 Å². The van der Waals surface area contributed by atoms with Crippen LogP contribution in [0.3, 0.4) is 0 Å². The fourth-order valence-electron chi connectivity index (χ4n) is 3.51. The molecule has 2 heterocycles. The Morgan fingerprint density at radius 3 is 2.86 bits per heavy atom. The lowest BCUT2D eigenvalue weighted by Gasteiger charge is -2.05. The number of esters is 1. The Balaban J connectivity index is 1.66. The van der Waals surface area contributed by atoms with Crippen LogP contribution < -0.4 is 0 Å². The first-order valence-electron chi connectivity index (χ1n) is 9.51. The van der Waals surface area contributed by atoms with Crippen molar-refractivity contribution in [2.24, 2.45) is 0 Å². The Labute approximate surface area is 163 Å². The Hall–Kier alpha value is -3.34. The van der Waals surface area contributed by atoms with Crippen molar-refractivity contribution >= 4 is 27.8 Å². The minimum absolute atomic E-state index is 0.112. The highest BCUT2D eigenvalue weighted by Gasteiger charge is 2.15. The van der Waals surface area contributed by atoms with Gasteiger partial charge in [0.05, 0.1) is 23.4 Å². The zero-order chi connectivity index (χ0) is 19.5. The topological polar surface area (TPSA) is 75.2 Å². The molecular weight excluding hydrogens is 352 g/mol. The number of ether oxygens (including phenoxy) is 1. The van der Waals surface area contributed by atoms with E-state index in [-0.39, 0.29) is 11.8 Å². The third kappa shape index (κ3) is 3.56. The normalized spacial score (nSPS) is 11.2. The largest absolute Gasteiger partial charge is 0.494 e. The number of carbonyl (C=O) groups is 1. The van der Waals surface area contributed by atoms with E-state index in [1.165, 1.54) is 0 Å². The number of para-hydroxylation sites is 1. The standard InChI is InChI=1S/C23H22N2O3/c1-2-28-21(26)9-5-6-15-10-12-19-17(14-15)22(23(27)25-19)20-13-11-16-7-3-4-8-18(16)24-20/h3-4,7-8,10-14,25,27H,2,5-6,9H2,1H3. The number of aromatic nitrogens is 2. The van der Waals surface area contributed by atoms with Crippen molar-refractivity contribution in [3.63, 3.8) is 0 Å². The van der Waals surface area contributed by atoms with E-state index >= 15 is 0 Å². The van der Waals surface area contributed by atoms with Crippen molar-refractivity contribution in [3.8, 4) is 17.1 Å². The number of nitrogens with zero attached hydrogens (tertiary/aromatic N) is 1. The fraction of sp³-hybridized carbons (Fsp3) is 0.217. The van der Waals surface area contributed by atoms with E-state index < -0.39 is 0 Å². The van der Waals surface area contributed by atoms with Crippen LogP contribution in [0.1, 0.15) is 25.3 Å². The van der Waals surface area contributed by atoms with Gasteiger partial charge in [0, 0.05) is 22.7 Å². The van der Waals surface area contributed by atoms with Gasteiger partial charge in [0.25, 0.3) is 0 Å². The van der Waals surface area contributed by atoms with Gasteiger partial charge in [-0.25, -0.2) is 4.98 Å². The van der Waals surface area contributed by atoms with Crippen LogP contribution in [-0.2, 0) is 16.0 Å². The van der Waals surface area contributed by atoms with Gasteiger partial charge < -0.3 is 14.8 Å². The monoisotopic (exact) mass is 374 g/mol. The number of pyridine rings is 1. The summed E-state index contributed by atoms with van der Waals surface area (Å²) in [7, 11) is 0. The average molecular weight is 374 g/mol. The number of carbonyl (C=O) groups excluding carboxylic acids is 1. The average Bonchev–Trinajstić information content (AvgIpc) is 3.03. The number of nitrogens with one attached hydrogen (secondary N) is 1. The molecule has 0 amide bonds. The molecule has 142 valence electrons. The van der Waals surface area contributed by atoms with Gasteiger partial charge in [0.2, 0.25) is 0 Å². The zero-order valence-corrected chi connectivity index (χ0v) is 15.7. The van der Waals surface area contributed by atoms with Crippen LogP contribution in [0.5, 0.6) is 5.88 Å². The number of hydrogen-bond acceptors (Lipinski definition) is 4.